The van der Waals surface area contributed by atoms with E-state index < -0.39 is 0 Å². The molecule has 0 bridgehead atoms. The van der Waals surface area contributed by atoms with Gasteiger partial charge in [0.25, 0.3) is 0 Å². The summed E-state index contributed by atoms with van der Waals surface area (Å²) in [4.78, 5) is 0. The fourth-order valence-corrected chi connectivity index (χ4v) is 0.558. The van der Waals surface area contributed by atoms with Crippen LogP contribution in [0.25, 0.3) is 0 Å². The molecule has 6 heavy (non-hydrogen) atoms. The highest BCUT2D eigenvalue weighted by Gasteiger charge is 2.03. The molecule has 0 amide bonds. The van der Waals surface area contributed by atoms with Crippen LogP contribution in [0.1, 0.15) is 0 Å². The van der Waals surface area contributed by atoms with Crippen LogP contribution in [0.3, 0.4) is 0 Å². The highest BCUT2D eigenvalue weighted by atomic mass is 127. The van der Waals surface area contributed by atoms with E-state index >= 15 is 0 Å². The van der Waals surface area contributed by atoms with Gasteiger partial charge >= 0.3 is 0 Å². The number of hydrogen-bond donors (Lipinski definition) is 1. The van der Waals surface area contributed by atoms with Gasteiger partial charge in [0.1, 0.15) is 4.05 Å². The number of halogens is 1. The highest BCUT2D eigenvalue weighted by molar-refractivity contribution is 14.1. The Morgan fingerprint density at radius 2 is 2.67 bits per heavy atom. The molecule has 1 aliphatic rings. The van der Waals surface area contributed by atoms with Crippen molar-refractivity contribution < 1.29 is 0 Å². The molecule has 0 radical (unpaired) electrons. The van der Waals surface area contributed by atoms with Crippen LogP contribution < -0.4 is 5.43 Å². The minimum Gasteiger partial charge on any atom is -0.277 e. The van der Waals surface area contributed by atoms with E-state index in [1.165, 1.54) is 0 Å². The zero-order valence-corrected chi connectivity index (χ0v) is 5.21. The fourth-order valence-electron chi connectivity index (χ4n) is 0.257. The first-order valence-electron chi connectivity index (χ1n) is 1.65. The van der Waals surface area contributed by atoms with Crippen molar-refractivity contribution in [2.75, 3.05) is 6.54 Å². The summed E-state index contributed by atoms with van der Waals surface area (Å²) in [7, 11) is 0. The van der Waals surface area contributed by atoms with Crippen molar-refractivity contribution >= 4 is 22.6 Å². The third-order valence-electron chi connectivity index (χ3n) is 0.510. The van der Waals surface area contributed by atoms with Gasteiger partial charge in [-0.25, -0.2) is 0 Å². The number of nitrogens with zero attached hydrogens (tertiary/aromatic N) is 2. The van der Waals surface area contributed by atoms with E-state index in [1.807, 2.05) is 0 Å². The monoisotopic (exact) mass is 197 g/mol. The summed E-state index contributed by atoms with van der Waals surface area (Å²) in [6.45, 7) is 0.820. The normalized spacial score (nSPS) is 30.5. The van der Waals surface area contributed by atoms with E-state index in [0.717, 1.165) is 6.54 Å². The lowest BCUT2D eigenvalue weighted by Crippen LogP contribution is -2.12. The van der Waals surface area contributed by atoms with Gasteiger partial charge in [0, 0.05) is 0 Å². The standard InChI is InChI=1S/C2H4IN3/c3-2-1-4-6-5-2/h2H,1H2,(H,4,5). The first-order valence-corrected chi connectivity index (χ1v) is 2.90. The van der Waals surface area contributed by atoms with Crippen molar-refractivity contribution in [2.45, 2.75) is 4.05 Å². The van der Waals surface area contributed by atoms with Crippen molar-refractivity contribution in [3.8, 4) is 0 Å². The molecule has 1 unspecified atom stereocenters. The maximum absolute atomic E-state index is 3.67. The minimum absolute atomic E-state index is 0.433. The zero-order valence-electron chi connectivity index (χ0n) is 3.06. The molecule has 0 aromatic carbocycles. The second-order valence-electron chi connectivity index (χ2n) is 1.02. The summed E-state index contributed by atoms with van der Waals surface area (Å²) in [6, 6.07) is 0. The number of hydrogen-bond acceptors (Lipinski definition) is 3. The molecule has 0 saturated carbocycles. The Labute approximate surface area is 49.3 Å². The summed E-state index contributed by atoms with van der Waals surface area (Å²) in [5.41, 5.74) is 2.76. The molecule has 1 aliphatic heterocycles. The van der Waals surface area contributed by atoms with Gasteiger partial charge in [-0.1, -0.05) is 27.8 Å². The smallest absolute Gasteiger partial charge is 0.118 e. The van der Waals surface area contributed by atoms with E-state index in [2.05, 4.69) is 38.4 Å². The summed E-state index contributed by atoms with van der Waals surface area (Å²) < 4.78 is 0.433. The lowest BCUT2D eigenvalue weighted by atomic mass is 10.7. The van der Waals surface area contributed by atoms with Gasteiger partial charge in [0.05, 0.1) is 6.54 Å². The molecular formula is C2H4IN3. The van der Waals surface area contributed by atoms with Gasteiger partial charge in [-0.3, -0.25) is 5.43 Å². The predicted molar refractivity (Wildman–Crippen MR) is 30.7 cm³/mol. The van der Waals surface area contributed by atoms with Gasteiger partial charge in [-0.05, 0) is 0 Å². The molecule has 0 fully saturated rings. The predicted octanol–water partition coefficient (Wildman–Crippen LogP) is 0.718. The first-order chi connectivity index (χ1) is 2.89. The maximum atomic E-state index is 3.67. The molecule has 0 aromatic rings. The molecule has 0 spiro atoms. The molecule has 1 rings (SSSR count). The third kappa shape index (κ3) is 0.796. The number of rotatable bonds is 0. The van der Waals surface area contributed by atoms with Crippen molar-refractivity contribution in [1.82, 2.24) is 5.43 Å². The highest BCUT2D eigenvalue weighted by Crippen LogP contribution is 2.00. The van der Waals surface area contributed by atoms with Gasteiger partial charge in [-0.15, -0.1) is 0 Å². The second-order valence-corrected chi connectivity index (χ2v) is 2.52. The van der Waals surface area contributed by atoms with E-state index in [4.69, 9.17) is 0 Å². The molecule has 1 N–H and O–H groups in total. The topological polar surface area (TPSA) is 36.8 Å². The lowest BCUT2D eigenvalue weighted by Gasteiger charge is -1.89. The summed E-state index contributed by atoms with van der Waals surface area (Å²) in [6.07, 6.45) is 0. The van der Waals surface area contributed by atoms with Crippen molar-refractivity contribution in [3.05, 3.63) is 0 Å². The summed E-state index contributed by atoms with van der Waals surface area (Å²) >= 11 is 2.23. The average Bonchev–Trinajstić information content (AvgIpc) is 1.86. The Hall–Kier alpha value is 0.130. The number of alkyl halides is 1. The van der Waals surface area contributed by atoms with Gasteiger partial charge in [-0.2, -0.15) is 5.11 Å². The SMILES string of the molecule is IC1CN=NN1. The Balaban J connectivity index is 2.32. The quantitative estimate of drug-likeness (QED) is 0.346. The van der Waals surface area contributed by atoms with E-state index in [9.17, 15) is 0 Å². The lowest BCUT2D eigenvalue weighted by molar-refractivity contribution is 0.805. The fraction of sp³-hybridized carbons (Fsp3) is 1.00. The van der Waals surface area contributed by atoms with Crippen LogP contribution in [0.5, 0.6) is 0 Å². The van der Waals surface area contributed by atoms with Gasteiger partial charge in [0.2, 0.25) is 0 Å². The van der Waals surface area contributed by atoms with Gasteiger partial charge < -0.3 is 0 Å². The van der Waals surface area contributed by atoms with Crippen LogP contribution in [0.15, 0.2) is 10.3 Å². The van der Waals surface area contributed by atoms with E-state index in [-0.39, 0.29) is 0 Å². The Morgan fingerprint density at radius 1 is 1.83 bits per heavy atom. The Bertz CT molecular complexity index is 63.2. The first kappa shape index (κ1) is 4.29. The van der Waals surface area contributed by atoms with Crippen LogP contribution in [0.2, 0.25) is 0 Å². The number of nitrogens with one attached hydrogen (secondary N) is 1. The summed E-state index contributed by atoms with van der Waals surface area (Å²) in [5.74, 6) is 0. The molecular weight excluding hydrogens is 193 g/mol. The largest absolute Gasteiger partial charge is 0.277 e. The van der Waals surface area contributed by atoms with Crippen LogP contribution in [-0.4, -0.2) is 10.6 Å². The zero-order chi connectivity index (χ0) is 4.41. The summed E-state index contributed by atoms with van der Waals surface area (Å²) in [5, 5.41) is 7.20. The van der Waals surface area contributed by atoms with Crippen LogP contribution >= 0.6 is 22.6 Å². The molecule has 34 valence electrons. The molecule has 4 heteroatoms. The molecule has 0 aromatic heterocycles. The van der Waals surface area contributed by atoms with Crippen molar-refractivity contribution in [2.24, 2.45) is 10.3 Å². The minimum atomic E-state index is 0.433. The molecule has 1 atom stereocenters. The van der Waals surface area contributed by atoms with Crippen LogP contribution in [0.4, 0.5) is 0 Å². The average molecular weight is 197 g/mol. The third-order valence-corrected chi connectivity index (χ3v) is 1.18. The van der Waals surface area contributed by atoms with Crippen molar-refractivity contribution in [1.29, 1.82) is 0 Å². The second kappa shape index (κ2) is 1.72. The molecule has 1 heterocycles. The molecule has 0 aliphatic carbocycles. The Kier molecular flexibility index (Phi) is 1.23. The van der Waals surface area contributed by atoms with Crippen LogP contribution in [0, 0.1) is 0 Å². The molecule has 3 nitrogen and oxygen atoms in total. The maximum Gasteiger partial charge on any atom is 0.118 e. The van der Waals surface area contributed by atoms with Gasteiger partial charge in [0.15, 0.2) is 0 Å². The van der Waals surface area contributed by atoms with Crippen molar-refractivity contribution in [3.63, 3.8) is 0 Å². The molecule has 0 saturated heterocycles. The van der Waals surface area contributed by atoms with E-state index in [0.29, 0.717) is 4.05 Å². The Morgan fingerprint density at radius 3 is 2.83 bits per heavy atom. The van der Waals surface area contributed by atoms with E-state index in [1.54, 1.807) is 0 Å². The van der Waals surface area contributed by atoms with Crippen LogP contribution in [-0.2, 0) is 0 Å².